The second kappa shape index (κ2) is 7.66. The average molecular weight is 397 g/mol. The van der Waals surface area contributed by atoms with E-state index in [1.165, 1.54) is 9.13 Å². The fourth-order valence-electron chi connectivity index (χ4n) is 2.17. The molecule has 2 rings (SSSR count). The van der Waals surface area contributed by atoms with Crippen molar-refractivity contribution in [3.63, 3.8) is 0 Å². The first-order valence-corrected chi connectivity index (χ1v) is 8.10. The molecule has 0 aliphatic rings. The summed E-state index contributed by atoms with van der Waals surface area (Å²) in [6.45, 7) is 4.63. The van der Waals surface area contributed by atoms with Crippen LogP contribution in [0.25, 0.3) is 0 Å². The third-order valence-electron chi connectivity index (χ3n) is 3.28. The Morgan fingerprint density at radius 2 is 1.90 bits per heavy atom. The van der Waals surface area contributed by atoms with Crippen molar-refractivity contribution in [2.45, 2.75) is 26.5 Å². The zero-order valence-corrected chi connectivity index (χ0v) is 14.4. The van der Waals surface area contributed by atoms with Gasteiger partial charge in [-0.2, -0.15) is 0 Å². The predicted octanol–water partition coefficient (Wildman–Crippen LogP) is 4.36. The molecule has 0 fully saturated rings. The molecule has 0 amide bonds. The normalized spacial score (nSPS) is 12.0. The quantitative estimate of drug-likeness (QED) is 0.712. The van der Waals surface area contributed by atoms with Crippen LogP contribution in [0.3, 0.4) is 0 Å². The Kier molecular flexibility index (Phi) is 5.87. The van der Waals surface area contributed by atoms with Gasteiger partial charge in [-0.25, -0.2) is 0 Å². The Morgan fingerprint density at radius 1 is 1.19 bits per heavy atom. The van der Waals surface area contributed by atoms with Crippen LogP contribution in [0.5, 0.6) is 5.75 Å². The minimum atomic E-state index is -0.0250. The van der Waals surface area contributed by atoms with Gasteiger partial charge in [-0.05, 0) is 72.3 Å². The Morgan fingerprint density at radius 3 is 2.52 bits per heavy atom. The van der Waals surface area contributed by atoms with Crippen LogP contribution in [0, 0.1) is 3.57 Å². The number of anilines is 1. The molecule has 0 aliphatic carbocycles. The highest BCUT2D eigenvalue weighted by atomic mass is 127. The first-order valence-electron chi connectivity index (χ1n) is 7.02. The van der Waals surface area contributed by atoms with E-state index in [9.17, 15) is 5.11 Å². The SMILES string of the molecule is CCOc1ccc(NC(C)c2ccc(I)cc2)cc1CO. The molecule has 0 spiro atoms. The summed E-state index contributed by atoms with van der Waals surface area (Å²) in [5.41, 5.74) is 3.01. The van der Waals surface area contributed by atoms with Gasteiger partial charge in [0, 0.05) is 20.9 Å². The zero-order valence-electron chi connectivity index (χ0n) is 12.3. The summed E-state index contributed by atoms with van der Waals surface area (Å²) in [5.74, 6) is 0.743. The first kappa shape index (κ1) is 16.1. The van der Waals surface area contributed by atoms with Crippen LogP contribution in [-0.4, -0.2) is 11.7 Å². The van der Waals surface area contributed by atoms with Crippen molar-refractivity contribution >= 4 is 28.3 Å². The van der Waals surface area contributed by atoms with E-state index in [4.69, 9.17) is 4.74 Å². The largest absolute Gasteiger partial charge is 0.494 e. The summed E-state index contributed by atoms with van der Waals surface area (Å²) < 4.78 is 6.73. The molecule has 1 unspecified atom stereocenters. The summed E-state index contributed by atoms with van der Waals surface area (Å²) in [4.78, 5) is 0. The van der Waals surface area contributed by atoms with Crippen LogP contribution >= 0.6 is 22.6 Å². The highest BCUT2D eigenvalue weighted by Crippen LogP contribution is 2.26. The van der Waals surface area contributed by atoms with Crippen molar-refractivity contribution in [2.75, 3.05) is 11.9 Å². The number of benzene rings is 2. The van der Waals surface area contributed by atoms with Gasteiger partial charge >= 0.3 is 0 Å². The Hall–Kier alpha value is -1.27. The van der Waals surface area contributed by atoms with Crippen molar-refractivity contribution in [3.05, 3.63) is 57.2 Å². The van der Waals surface area contributed by atoms with Crippen LogP contribution in [0.2, 0.25) is 0 Å². The van der Waals surface area contributed by atoms with Crippen LogP contribution < -0.4 is 10.1 Å². The lowest BCUT2D eigenvalue weighted by atomic mass is 10.1. The second-order valence-corrected chi connectivity index (χ2v) is 6.08. The molecule has 0 radical (unpaired) electrons. The van der Waals surface area contributed by atoms with E-state index < -0.39 is 0 Å². The van der Waals surface area contributed by atoms with Crippen LogP contribution in [0.4, 0.5) is 5.69 Å². The minimum absolute atomic E-state index is 0.0250. The van der Waals surface area contributed by atoms with Gasteiger partial charge in [-0.15, -0.1) is 0 Å². The van der Waals surface area contributed by atoms with E-state index in [2.05, 4.69) is 59.1 Å². The summed E-state index contributed by atoms with van der Waals surface area (Å²) in [6.07, 6.45) is 0. The number of ether oxygens (including phenoxy) is 1. The van der Waals surface area contributed by atoms with Crippen LogP contribution in [0.1, 0.15) is 31.0 Å². The highest BCUT2D eigenvalue weighted by Gasteiger charge is 2.08. The number of nitrogens with one attached hydrogen (secondary N) is 1. The van der Waals surface area contributed by atoms with E-state index in [1.54, 1.807) is 0 Å². The lowest BCUT2D eigenvalue weighted by Gasteiger charge is -2.17. The van der Waals surface area contributed by atoms with E-state index in [-0.39, 0.29) is 12.6 Å². The number of hydrogen-bond acceptors (Lipinski definition) is 3. The van der Waals surface area contributed by atoms with Crippen molar-refractivity contribution < 1.29 is 9.84 Å². The second-order valence-electron chi connectivity index (χ2n) is 4.83. The maximum atomic E-state index is 9.44. The van der Waals surface area contributed by atoms with Gasteiger partial charge < -0.3 is 15.2 Å². The van der Waals surface area contributed by atoms with E-state index in [0.29, 0.717) is 6.61 Å². The molecule has 0 aliphatic heterocycles. The standard InChI is InChI=1S/C17H20INO2/c1-3-21-17-9-8-16(10-14(17)11-20)19-12(2)13-4-6-15(18)7-5-13/h4-10,12,19-20H,3,11H2,1-2H3. The summed E-state index contributed by atoms with van der Waals surface area (Å²) >= 11 is 2.30. The molecule has 4 heteroatoms. The van der Waals surface area contributed by atoms with Crippen molar-refractivity contribution in [3.8, 4) is 5.75 Å². The van der Waals surface area contributed by atoms with Crippen LogP contribution in [0.15, 0.2) is 42.5 Å². The molecule has 0 saturated heterocycles. The number of aliphatic hydroxyl groups is 1. The van der Waals surface area contributed by atoms with E-state index in [0.717, 1.165) is 17.0 Å². The van der Waals surface area contributed by atoms with E-state index in [1.807, 2.05) is 25.1 Å². The first-order chi connectivity index (χ1) is 10.1. The number of halogens is 1. The topological polar surface area (TPSA) is 41.5 Å². The maximum Gasteiger partial charge on any atom is 0.124 e. The summed E-state index contributed by atoms with van der Waals surface area (Å²) in [5, 5.41) is 12.9. The van der Waals surface area contributed by atoms with Gasteiger partial charge in [-0.3, -0.25) is 0 Å². The molecular weight excluding hydrogens is 377 g/mol. The fraction of sp³-hybridized carbons (Fsp3) is 0.294. The zero-order chi connectivity index (χ0) is 15.2. The van der Waals surface area contributed by atoms with Crippen molar-refractivity contribution in [1.82, 2.24) is 0 Å². The molecule has 0 bridgehead atoms. The molecule has 0 saturated carbocycles. The number of hydrogen-bond donors (Lipinski definition) is 2. The number of aliphatic hydroxyl groups excluding tert-OH is 1. The molecule has 2 aromatic carbocycles. The molecule has 0 aromatic heterocycles. The van der Waals surface area contributed by atoms with E-state index >= 15 is 0 Å². The van der Waals surface area contributed by atoms with Gasteiger partial charge in [0.1, 0.15) is 5.75 Å². The van der Waals surface area contributed by atoms with Gasteiger partial charge in [-0.1, -0.05) is 12.1 Å². The third-order valence-corrected chi connectivity index (χ3v) is 4.00. The molecule has 3 nitrogen and oxygen atoms in total. The average Bonchev–Trinajstić information content (AvgIpc) is 2.49. The molecule has 0 heterocycles. The molecule has 2 N–H and O–H groups in total. The third kappa shape index (κ3) is 4.35. The molecule has 112 valence electrons. The Balaban J connectivity index is 2.13. The Bertz CT molecular complexity index is 584. The summed E-state index contributed by atoms with van der Waals surface area (Å²) in [6, 6.07) is 14.5. The lowest BCUT2D eigenvalue weighted by Crippen LogP contribution is -2.07. The monoisotopic (exact) mass is 397 g/mol. The molecular formula is C17H20INO2. The predicted molar refractivity (Wildman–Crippen MR) is 94.7 cm³/mol. The van der Waals surface area contributed by atoms with Crippen LogP contribution in [-0.2, 0) is 6.61 Å². The molecule has 21 heavy (non-hydrogen) atoms. The highest BCUT2D eigenvalue weighted by molar-refractivity contribution is 14.1. The smallest absolute Gasteiger partial charge is 0.124 e. The van der Waals surface area contributed by atoms with Gasteiger partial charge in [0.2, 0.25) is 0 Å². The summed E-state index contributed by atoms with van der Waals surface area (Å²) in [7, 11) is 0. The molecule has 2 aromatic rings. The molecule has 1 atom stereocenters. The van der Waals surface area contributed by atoms with Gasteiger partial charge in [0.25, 0.3) is 0 Å². The fourth-order valence-corrected chi connectivity index (χ4v) is 2.53. The van der Waals surface area contributed by atoms with Crippen molar-refractivity contribution in [1.29, 1.82) is 0 Å². The lowest BCUT2D eigenvalue weighted by molar-refractivity contribution is 0.267. The minimum Gasteiger partial charge on any atom is -0.494 e. The maximum absolute atomic E-state index is 9.44. The number of rotatable bonds is 6. The van der Waals surface area contributed by atoms with Gasteiger partial charge in [0.15, 0.2) is 0 Å². The van der Waals surface area contributed by atoms with Gasteiger partial charge in [0.05, 0.1) is 13.2 Å². The Labute approximate surface area is 139 Å². The van der Waals surface area contributed by atoms with Crippen molar-refractivity contribution in [2.24, 2.45) is 0 Å².